The molecule has 0 aromatic rings. The molecule has 13 heavy (non-hydrogen) atoms. The first-order valence-electron chi connectivity index (χ1n) is 5.04. The zero-order chi connectivity index (χ0) is 9.68. The molecule has 74 valence electrons. The zero-order valence-corrected chi connectivity index (χ0v) is 8.51. The molecule has 1 fully saturated rings. The third-order valence-electron chi connectivity index (χ3n) is 2.31. The van der Waals surface area contributed by atoms with Gasteiger partial charge in [-0.2, -0.15) is 0 Å². The standard InChI is InChI=1S/C11H18O2/c1-9(12)8-10(2)13-11-6-4-3-5-7-11/h8,11H,3-7H2,1-2H3/b10-8+. The van der Waals surface area contributed by atoms with Crippen LogP contribution in [0.2, 0.25) is 0 Å². The molecule has 0 N–H and O–H groups in total. The Balaban J connectivity index is 2.33. The van der Waals surface area contributed by atoms with Crippen molar-refractivity contribution in [2.24, 2.45) is 0 Å². The second kappa shape index (κ2) is 5.05. The number of ketones is 1. The van der Waals surface area contributed by atoms with E-state index in [0.717, 1.165) is 18.6 Å². The Morgan fingerprint density at radius 2 is 1.85 bits per heavy atom. The summed E-state index contributed by atoms with van der Waals surface area (Å²) < 4.78 is 5.64. The molecule has 0 heterocycles. The predicted molar refractivity (Wildman–Crippen MR) is 52.4 cm³/mol. The lowest BCUT2D eigenvalue weighted by Crippen LogP contribution is -2.15. The van der Waals surface area contributed by atoms with Crippen LogP contribution in [0.3, 0.4) is 0 Å². The molecule has 1 rings (SSSR count). The third-order valence-corrected chi connectivity index (χ3v) is 2.31. The van der Waals surface area contributed by atoms with Gasteiger partial charge >= 0.3 is 0 Å². The normalized spacial score (nSPS) is 20.0. The van der Waals surface area contributed by atoms with Crippen molar-refractivity contribution >= 4 is 5.78 Å². The van der Waals surface area contributed by atoms with Crippen molar-refractivity contribution in [3.8, 4) is 0 Å². The lowest BCUT2D eigenvalue weighted by Gasteiger charge is -2.23. The molecule has 0 atom stereocenters. The maximum absolute atomic E-state index is 10.7. The van der Waals surface area contributed by atoms with Crippen LogP contribution in [0, 0.1) is 0 Å². The topological polar surface area (TPSA) is 26.3 Å². The van der Waals surface area contributed by atoms with Gasteiger partial charge in [-0.15, -0.1) is 0 Å². The van der Waals surface area contributed by atoms with Crippen LogP contribution in [-0.2, 0) is 9.53 Å². The van der Waals surface area contributed by atoms with Crippen molar-refractivity contribution in [2.75, 3.05) is 0 Å². The Hall–Kier alpha value is -0.790. The fraction of sp³-hybridized carbons (Fsp3) is 0.727. The summed E-state index contributed by atoms with van der Waals surface area (Å²) in [4.78, 5) is 10.7. The molecule has 1 aliphatic carbocycles. The van der Waals surface area contributed by atoms with Gasteiger partial charge in [0, 0.05) is 6.08 Å². The van der Waals surface area contributed by atoms with Gasteiger partial charge in [-0.3, -0.25) is 4.79 Å². The smallest absolute Gasteiger partial charge is 0.155 e. The molecule has 0 aromatic heterocycles. The molecule has 1 aliphatic rings. The maximum atomic E-state index is 10.7. The molecule has 0 aliphatic heterocycles. The molecule has 2 heteroatoms. The Morgan fingerprint density at radius 1 is 1.23 bits per heavy atom. The largest absolute Gasteiger partial charge is 0.495 e. The molecule has 1 saturated carbocycles. The zero-order valence-electron chi connectivity index (χ0n) is 8.51. The summed E-state index contributed by atoms with van der Waals surface area (Å²) >= 11 is 0. The van der Waals surface area contributed by atoms with Crippen LogP contribution in [0.1, 0.15) is 46.0 Å². The van der Waals surface area contributed by atoms with Gasteiger partial charge in [0.2, 0.25) is 0 Å². The van der Waals surface area contributed by atoms with Gasteiger partial charge in [0.1, 0.15) is 0 Å². The van der Waals surface area contributed by atoms with E-state index < -0.39 is 0 Å². The van der Waals surface area contributed by atoms with Crippen molar-refractivity contribution in [3.63, 3.8) is 0 Å². The quantitative estimate of drug-likeness (QED) is 0.495. The first kappa shape index (κ1) is 10.3. The maximum Gasteiger partial charge on any atom is 0.155 e. The highest BCUT2D eigenvalue weighted by atomic mass is 16.5. The van der Waals surface area contributed by atoms with E-state index in [1.165, 1.54) is 19.3 Å². The van der Waals surface area contributed by atoms with Crippen LogP contribution in [0.5, 0.6) is 0 Å². The number of ether oxygens (including phenoxy) is 1. The minimum absolute atomic E-state index is 0.0632. The van der Waals surface area contributed by atoms with Crippen molar-refractivity contribution < 1.29 is 9.53 Å². The summed E-state index contributed by atoms with van der Waals surface area (Å²) in [7, 11) is 0. The van der Waals surface area contributed by atoms with Gasteiger partial charge < -0.3 is 4.74 Å². The molecule has 0 aromatic carbocycles. The van der Waals surface area contributed by atoms with E-state index in [4.69, 9.17) is 4.74 Å². The third kappa shape index (κ3) is 4.11. The summed E-state index contributed by atoms with van der Waals surface area (Å²) in [6, 6.07) is 0. The van der Waals surface area contributed by atoms with E-state index in [1.807, 2.05) is 6.92 Å². The molecule has 0 bridgehead atoms. The first-order chi connectivity index (χ1) is 6.18. The number of hydrogen-bond acceptors (Lipinski definition) is 2. The Labute approximate surface area is 80.0 Å². The average molecular weight is 182 g/mol. The predicted octanol–water partition coefficient (Wildman–Crippen LogP) is 2.83. The highest BCUT2D eigenvalue weighted by molar-refractivity contribution is 5.87. The Kier molecular flexibility index (Phi) is 4.00. The van der Waals surface area contributed by atoms with E-state index in [9.17, 15) is 4.79 Å². The fourth-order valence-corrected chi connectivity index (χ4v) is 1.77. The van der Waals surface area contributed by atoms with Gasteiger partial charge in [0.25, 0.3) is 0 Å². The first-order valence-corrected chi connectivity index (χ1v) is 5.04. The van der Waals surface area contributed by atoms with Crippen molar-refractivity contribution in [1.82, 2.24) is 0 Å². The Bertz CT molecular complexity index is 200. The molecule has 0 unspecified atom stereocenters. The molecule has 0 spiro atoms. The van der Waals surface area contributed by atoms with Crippen LogP contribution in [-0.4, -0.2) is 11.9 Å². The molecule has 0 saturated heterocycles. The van der Waals surface area contributed by atoms with Crippen molar-refractivity contribution in [2.45, 2.75) is 52.1 Å². The highest BCUT2D eigenvalue weighted by Crippen LogP contribution is 2.22. The SMILES string of the molecule is CC(=O)/C=C(\C)OC1CCCCC1. The lowest BCUT2D eigenvalue weighted by molar-refractivity contribution is -0.112. The van der Waals surface area contributed by atoms with Crippen LogP contribution < -0.4 is 0 Å². The number of carbonyl (C=O) groups is 1. The summed E-state index contributed by atoms with van der Waals surface area (Å²) in [6.07, 6.45) is 8.05. The monoisotopic (exact) mass is 182 g/mol. The molecule has 0 radical (unpaired) electrons. The van der Waals surface area contributed by atoms with Gasteiger partial charge in [0.15, 0.2) is 5.78 Å². The van der Waals surface area contributed by atoms with Crippen LogP contribution in [0.15, 0.2) is 11.8 Å². The van der Waals surface area contributed by atoms with Gasteiger partial charge in [-0.05, 0) is 39.5 Å². The molecular formula is C11H18O2. The van der Waals surface area contributed by atoms with E-state index in [-0.39, 0.29) is 5.78 Å². The minimum atomic E-state index is 0.0632. The summed E-state index contributed by atoms with van der Waals surface area (Å²) in [5, 5.41) is 0. The Morgan fingerprint density at radius 3 is 2.38 bits per heavy atom. The van der Waals surface area contributed by atoms with E-state index in [1.54, 1.807) is 13.0 Å². The van der Waals surface area contributed by atoms with Gasteiger partial charge in [-0.1, -0.05) is 6.42 Å². The molecule has 2 nitrogen and oxygen atoms in total. The number of hydrogen-bond donors (Lipinski definition) is 0. The molecular weight excluding hydrogens is 164 g/mol. The van der Waals surface area contributed by atoms with Crippen LogP contribution in [0.4, 0.5) is 0 Å². The summed E-state index contributed by atoms with van der Waals surface area (Å²) in [6.45, 7) is 3.41. The van der Waals surface area contributed by atoms with Gasteiger partial charge in [0.05, 0.1) is 11.9 Å². The lowest BCUT2D eigenvalue weighted by atomic mass is 9.98. The second-order valence-corrected chi connectivity index (χ2v) is 3.74. The van der Waals surface area contributed by atoms with Crippen LogP contribution >= 0.6 is 0 Å². The van der Waals surface area contributed by atoms with Crippen molar-refractivity contribution in [1.29, 1.82) is 0 Å². The van der Waals surface area contributed by atoms with Gasteiger partial charge in [-0.25, -0.2) is 0 Å². The highest BCUT2D eigenvalue weighted by Gasteiger charge is 2.14. The fourth-order valence-electron chi connectivity index (χ4n) is 1.77. The van der Waals surface area contributed by atoms with Crippen molar-refractivity contribution in [3.05, 3.63) is 11.8 Å². The number of rotatable bonds is 3. The minimum Gasteiger partial charge on any atom is -0.495 e. The summed E-state index contributed by atoms with van der Waals surface area (Å²) in [5.41, 5.74) is 0. The van der Waals surface area contributed by atoms with Crippen LogP contribution in [0.25, 0.3) is 0 Å². The van der Waals surface area contributed by atoms with E-state index in [0.29, 0.717) is 6.10 Å². The average Bonchev–Trinajstić information content (AvgIpc) is 2.04. The molecule has 0 amide bonds. The second-order valence-electron chi connectivity index (χ2n) is 3.74. The summed E-state index contributed by atoms with van der Waals surface area (Å²) in [5.74, 6) is 0.827. The van der Waals surface area contributed by atoms with E-state index >= 15 is 0 Å². The van der Waals surface area contributed by atoms with E-state index in [2.05, 4.69) is 0 Å². The number of allylic oxidation sites excluding steroid dienone is 2. The number of carbonyl (C=O) groups excluding carboxylic acids is 1.